The molecule has 8 heteroatoms. The Labute approximate surface area is 180 Å². The molecule has 3 nitrogen and oxygen atoms in total. The van der Waals surface area contributed by atoms with Crippen molar-refractivity contribution in [3.8, 4) is 11.6 Å². The Morgan fingerprint density at radius 2 is 1.70 bits per heavy atom. The molecule has 0 amide bonds. The second kappa shape index (κ2) is 7.93. The van der Waals surface area contributed by atoms with E-state index in [1.165, 1.54) is 0 Å². The topological polar surface area (TPSA) is 39.2 Å². The van der Waals surface area contributed by atoms with Gasteiger partial charge in [-0.2, -0.15) is 13.2 Å². The summed E-state index contributed by atoms with van der Waals surface area (Å²) in [7, 11) is 0. The lowest BCUT2D eigenvalue weighted by Crippen LogP contribution is -2.06. The molecule has 1 heterocycles. The number of nitrogens with zero attached hydrogens (tertiary/aromatic N) is 1. The van der Waals surface area contributed by atoms with Gasteiger partial charge >= 0.3 is 6.18 Å². The van der Waals surface area contributed by atoms with Gasteiger partial charge in [0.25, 0.3) is 0 Å². The van der Waals surface area contributed by atoms with Gasteiger partial charge in [0.2, 0.25) is 5.88 Å². The third-order valence-corrected chi connectivity index (χ3v) is 5.44. The van der Waals surface area contributed by atoms with Crippen LogP contribution < -0.4 is 4.74 Å². The average Bonchev–Trinajstić information content (AvgIpc) is 3.50. The first-order chi connectivity index (χ1) is 14.2. The number of alkyl halides is 3. The Morgan fingerprint density at radius 3 is 2.30 bits per heavy atom. The number of ether oxygens (including phenoxy) is 1. The van der Waals surface area contributed by atoms with Gasteiger partial charge in [-0.25, -0.2) is 4.98 Å². The lowest BCUT2D eigenvalue weighted by Gasteiger charge is -2.10. The van der Waals surface area contributed by atoms with Crippen LogP contribution in [0.4, 0.5) is 13.2 Å². The van der Waals surface area contributed by atoms with E-state index in [9.17, 15) is 18.0 Å². The number of aromatic nitrogens is 1. The SMILES string of the molecule is O=C(c1ccc(Oc2ncc(C(F)(F)F)cc2Cl)cc1)[C@H]1C[C@H]1c1ccc(Cl)cc1. The van der Waals surface area contributed by atoms with Crippen LogP contribution in [0.3, 0.4) is 0 Å². The van der Waals surface area contributed by atoms with Crippen LogP contribution in [0, 0.1) is 5.92 Å². The zero-order valence-electron chi connectivity index (χ0n) is 15.3. The fourth-order valence-corrected chi connectivity index (χ4v) is 3.56. The van der Waals surface area contributed by atoms with Gasteiger partial charge in [-0.05, 0) is 60.4 Å². The molecule has 0 saturated heterocycles. The minimum atomic E-state index is -4.54. The molecule has 3 aromatic rings. The lowest BCUT2D eigenvalue weighted by atomic mass is 10.0. The number of pyridine rings is 1. The third-order valence-electron chi connectivity index (χ3n) is 4.91. The Bertz CT molecular complexity index is 1080. The smallest absolute Gasteiger partial charge is 0.417 e. The molecule has 1 saturated carbocycles. The van der Waals surface area contributed by atoms with E-state index in [1.807, 2.05) is 24.3 Å². The van der Waals surface area contributed by atoms with Crippen LogP contribution in [-0.4, -0.2) is 10.8 Å². The number of hydrogen-bond donors (Lipinski definition) is 0. The van der Waals surface area contributed by atoms with E-state index in [2.05, 4.69) is 4.98 Å². The Morgan fingerprint density at radius 1 is 1.03 bits per heavy atom. The number of benzene rings is 2. The third kappa shape index (κ3) is 4.45. The summed E-state index contributed by atoms with van der Waals surface area (Å²) in [5.74, 6) is 0.302. The molecule has 1 aromatic heterocycles. The molecule has 30 heavy (non-hydrogen) atoms. The molecule has 0 spiro atoms. The van der Waals surface area contributed by atoms with E-state index >= 15 is 0 Å². The van der Waals surface area contributed by atoms with E-state index in [1.54, 1.807) is 24.3 Å². The molecule has 2 aromatic carbocycles. The minimum absolute atomic E-state index is 0.0344. The molecule has 0 bridgehead atoms. The maximum atomic E-state index is 12.7. The number of rotatable bonds is 5. The maximum Gasteiger partial charge on any atom is 0.417 e. The first-order valence-corrected chi connectivity index (χ1v) is 9.78. The summed E-state index contributed by atoms with van der Waals surface area (Å²) >= 11 is 11.8. The van der Waals surface area contributed by atoms with Gasteiger partial charge in [-0.3, -0.25) is 4.79 Å². The highest BCUT2D eigenvalue weighted by Crippen LogP contribution is 2.49. The largest absolute Gasteiger partial charge is 0.438 e. The van der Waals surface area contributed by atoms with E-state index in [0.29, 0.717) is 22.5 Å². The van der Waals surface area contributed by atoms with Crippen LogP contribution in [-0.2, 0) is 6.18 Å². The van der Waals surface area contributed by atoms with Crippen LogP contribution in [0.25, 0.3) is 0 Å². The second-order valence-electron chi connectivity index (χ2n) is 7.00. The second-order valence-corrected chi connectivity index (χ2v) is 7.84. The molecule has 0 N–H and O–H groups in total. The van der Waals surface area contributed by atoms with E-state index in [-0.39, 0.29) is 28.5 Å². The number of carbonyl (C=O) groups excluding carboxylic acids is 1. The maximum absolute atomic E-state index is 12.7. The average molecular weight is 452 g/mol. The molecule has 0 aliphatic heterocycles. The molecule has 4 rings (SSSR count). The van der Waals surface area contributed by atoms with Crippen molar-refractivity contribution in [3.63, 3.8) is 0 Å². The highest BCUT2D eigenvalue weighted by atomic mass is 35.5. The first kappa shape index (κ1) is 20.7. The Kier molecular flexibility index (Phi) is 5.47. The summed E-state index contributed by atoms with van der Waals surface area (Å²) in [4.78, 5) is 16.3. The molecule has 1 aliphatic rings. The summed E-state index contributed by atoms with van der Waals surface area (Å²) < 4.78 is 43.5. The summed E-state index contributed by atoms with van der Waals surface area (Å²) in [6.45, 7) is 0. The van der Waals surface area contributed by atoms with Gasteiger partial charge in [0, 0.05) is 22.7 Å². The predicted octanol–water partition coefficient (Wildman–Crippen LogP) is 7.19. The Hall–Kier alpha value is -2.57. The van der Waals surface area contributed by atoms with Crippen molar-refractivity contribution in [2.45, 2.75) is 18.5 Å². The van der Waals surface area contributed by atoms with Crippen LogP contribution in [0.15, 0.2) is 60.8 Å². The fourth-order valence-electron chi connectivity index (χ4n) is 3.23. The monoisotopic (exact) mass is 451 g/mol. The number of hydrogen-bond acceptors (Lipinski definition) is 3. The van der Waals surface area contributed by atoms with Gasteiger partial charge in [0.05, 0.1) is 5.56 Å². The molecule has 0 radical (unpaired) electrons. The van der Waals surface area contributed by atoms with Crippen molar-refractivity contribution in [3.05, 3.63) is 87.5 Å². The molecule has 1 fully saturated rings. The van der Waals surface area contributed by atoms with Gasteiger partial charge in [-0.1, -0.05) is 35.3 Å². The summed E-state index contributed by atoms with van der Waals surface area (Å²) in [6, 6.07) is 14.6. The van der Waals surface area contributed by atoms with Crippen molar-refractivity contribution in [2.24, 2.45) is 5.92 Å². The summed E-state index contributed by atoms with van der Waals surface area (Å²) in [5.41, 5.74) is 0.663. The van der Waals surface area contributed by atoms with Crippen molar-refractivity contribution in [1.82, 2.24) is 4.98 Å². The van der Waals surface area contributed by atoms with Crippen LogP contribution >= 0.6 is 23.2 Å². The summed E-state index contributed by atoms with van der Waals surface area (Å²) in [6.07, 6.45) is -3.10. The highest BCUT2D eigenvalue weighted by Gasteiger charge is 2.43. The molecule has 0 unspecified atom stereocenters. The van der Waals surface area contributed by atoms with Crippen molar-refractivity contribution < 1.29 is 22.7 Å². The standard InChI is InChI=1S/C22H14Cl2F3NO2/c23-15-5-1-12(2-6-15)17-10-18(17)20(29)13-3-7-16(8-4-13)30-21-19(24)9-14(11-28-21)22(25,26)27/h1-9,11,17-18H,10H2/t17-,18-/m0/s1. The normalized spacial score (nSPS) is 18.2. The van der Waals surface area contributed by atoms with E-state index in [4.69, 9.17) is 27.9 Å². The van der Waals surface area contributed by atoms with Crippen molar-refractivity contribution in [2.75, 3.05) is 0 Å². The van der Waals surface area contributed by atoms with Crippen LogP contribution in [0.5, 0.6) is 11.6 Å². The first-order valence-electron chi connectivity index (χ1n) is 9.03. The quantitative estimate of drug-likeness (QED) is 0.385. The van der Waals surface area contributed by atoms with E-state index < -0.39 is 11.7 Å². The Balaban J connectivity index is 1.42. The van der Waals surface area contributed by atoms with Crippen LogP contribution in [0.2, 0.25) is 10.0 Å². The summed E-state index contributed by atoms with van der Waals surface area (Å²) in [5, 5.41) is 0.397. The molecule has 2 atom stereocenters. The number of carbonyl (C=O) groups is 1. The zero-order valence-corrected chi connectivity index (χ0v) is 16.8. The number of Topliss-reactive ketones (excluding diaryl/α,β-unsaturated/α-hetero) is 1. The van der Waals surface area contributed by atoms with Gasteiger partial charge in [0.1, 0.15) is 10.8 Å². The van der Waals surface area contributed by atoms with Gasteiger partial charge in [-0.15, -0.1) is 0 Å². The molecular formula is C22H14Cl2F3NO2. The molecule has 154 valence electrons. The highest BCUT2D eigenvalue weighted by molar-refractivity contribution is 6.32. The fraction of sp³-hybridized carbons (Fsp3) is 0.182. The molecular weight excluding hydrogens is 438 g/mol. The lowest BCUT2D eigenvalue weighted by molar-refractivity contribution is -0.137. The predicted molar refractivity (Wildman–Crippen MR) is 107 cm³/mol. The zero-order chi connectivity index (χ0) is 21.5. The van der Waals surface area contributed by atoms with Gasteiger partial charge < -0.3 is 4.74 Å². The molecule has 1 aliphatic carbocycles. The van der Waals surface area contributed by atoms with Gasteiger partial charge in [0.15, 0.2) is 5.78 Å². The van der Waals surface area contributed by atoms with Crippen LogP contribution in [0.1, 0.15) is 33.8 Å². The van der Waals surface area contributed by atoms with Crippen molar-refractivity contribution in [1.29, 1.82) is 0 Å². The number of ketones is 1. The minimum Gasteiger partial charge on any atom is -0.438 e. The number of halogens is 5. The van der Waals surface area contributed by atoms with Crippen molar-refractivity contribution >= 4 is 29.0 Å². The van der Waals surface area contributed by atoms with E-state index in [0.717, 1.165) is 18.1 Å².